The first-order chi connectivity index (χ1) is 14.5. The van der Waals surface area contributed by atoms with Crippen molar-refractivity contribution in [3.8, 4) is 0 Å². The van der Waals surface area contributed by atoms with Crippen molar-refractivity contribution in [2.24, 2.45) is 5.92 Å². The summed E-state index contributed by atoms with van der Waals surface area (Å²) in [6.45, 7) is 12.2. The molecule has 2 aromatic heterocycles. The van der Waals surface area contributed by atoms with E-state index in [1.165, 1.54) is 0 Å². The number of carbonyl (C=O) groups excluding carboxylic acids is 2. The normalized spacial score (nSPS) is 12.7. The molecule has 0 aliphatic heterocycles. The number of hydrogen-bond donors (Lipinski definition) is 1. The summed E-state index contributed by atoms with van der Waals surface area (Å²) in [5.74, 6) is -0.878. The Morgan fingerprint density at radius 1 is 1.06 bits per heavy atom. The summed E-state index contributed by atoms with van der Waals surface area (Å²) >= 11 is 0. The number of ether oxygens (including phenoxy) is 1. The molecule has 6 heteroatoms. The summed E-state index contributed by atoms with van der Waals surface area (Å²) in [5, 5.41) is 2.82. The third-order valence-electron chi connectivity index (χ3n) is 5.23. The van der Waals surface area contributed by atoms with Crippen LogP contribution in [0.3, 0.4) is 0 Å². The molecule has 1 atom stereocenters. The third kappa shape index (κ3) is 5.51. The number of benzene rings is 1. The molecule has 0 saturated heterocycles. The average molecular weight is 422 g/mol. The molecule has 1 amide bonds. The Balaban J connectivity index is 1.64. The van der Waals surface area contributed by atoms with Crippen LogP contribution < -0.4 is 5.32 Å². The smallest absolute Gasteiger partial charge is 0.329 e. The summed E-state index contributed by atoms with van der Waals surface area (Å²) in [6.07, 6.45) is 3.81. The predicted octanol–water partition coefficient (Wildman–Crippen LogP) is 4.44. The largest absolute Gasteiger partial charge is 0.458 e. The van der Waals surface area contributed by atoms with Crippen LogP contribution in [0.4, 0.5) is 0 Å². The fourth-order valence-corrected chi connectivity index (χ4v) is 3.30. The van der Waals surface area contributed by atoms with Crippen LogP contribution in [0.2, 0.25) is 0 Å². The Morgan fingerprint density at radius 3 is 2.35 bits per heavy atom. The molecule has 0 radical (unpaired) electrons. The standard InChI is InChI=1S/C25H31N3O3/c1-16(2)22(27-23(29)18-8-10-19(11-9-18)25(4,5)6)24(30)31-15-20-14-28-13-17(3)7-12-21(28)26-20/h7-14,16,22H,15H2,1-6H3,(H,27,29)/t22-/m0/s1. The van der Waals surface area contributed by atoms with Gasteiger partial charge in [0.05, 0.1) is 5.69 Å². The van der Waals surface area contributed by atoms with E-state index in [0.717, 1.165) is 16.8 Å². The number of fused-ring (bicyclic) bond motifs is 1. The molecule has 1 aromatic carbocycles. The Labute approximate surface area is 183 Å². The van der Waals surface area contributed by atoms with Gasteiger partial charge in [0, 0.05) is 18.0 Å². The van der Waals surface area contributed by atoms with Crippen LogP contribution in [-0.2, 0) is 21.6 Å². The van der Waals surface area contributed by atoms with Gasteiger partial charge in [0.1, 0.15) is 18.3 Å². The lowest BCUT2D eigenvalue weighted by molar-refractivity contribution is -0.148. The molecule has 6 nitrogen and oxygen atoms in total. The predicted molar refractivity (Wildman–Crippen MR) is 121 cm³/mol. The highest BCUT2D eigenvalue weighted by molar-refractivity contribution is 5.96. The third-order valence-corrected chi connectivity index (χ3v) is 5.23. The highest BCUT2D eigenvalue weighted by Gasteiger charge is 2.26. The van der Waals surface area contributed by atoms with Crippen LogP contribution in [-0.4, -0.2) is 27.3 Å². The minimum absolute atomic E-state index is 0.00982. The van der Waals surface area contributed by atoms with E-state index < -0.39 is 12.0 Å². The molecule has 0 aliphatic rings. The van der Waals surface area contributed by atoms with Gasteiger partial charge in [0.2, 0.25) is 0 Å². The molecule has 0 fully saturated rings. The first-order valence-corrected chi connectivity index (χ1v) is 10.6. The van der Waals surface area contributed by atoms with Crippen LogP contribution in [0.1, 0.15) is 61.8 Å². The van der Waals surface area contributed by atoms with E-state index in [1.807, 2.05) is 61.8 Å². The highest BCUT2D eigenvalue weighted by Crippen LogP contribution is 2.22. The van der Waals surface area contributed by atoms with Crippen LogP contribution in [0, 0.1) is 12.8 Å². The number of rotatable bonds is 6. The molecule has 0 saturated carbocycles. The van der Waals surface area contributed by atoms with Gasteiger partial charge < -0.3 is 14.5 Å². The van der Waals surface area contributed by atoms with Gasteiger partial charge in [0.25, 0.3) is 5.91 Å². The van der Waals surface area contributed by atoms with Gasteiger partial charge >= 0.3 is 5.97 Å². The van der Waals surface area contributed by atoms with E-state index in [2.05, 4.69) is 31.1 Å². The number of imidazole rings is 1. The summed E-state index contributed by atoms with van der Waals surface area (Å²) < 4.78 is 7.39. The zero-order valence-corrected chi connectivity index (χ0v) is 19.1. The van der Waals surface area contributed by atoms with Crippen molar-refractivity contribution < 1.29 is 14.3 Å². The van der Waals surface area contributed by atoms with Crippen molar-refractivity contribution in [2.75, 3.05) is 0 Å². The molecule has 0 aliphatic carbocycles. The highest BCUT2D eigenvalue weighted by atomic mass is 16.5. The first kappa shape index (κ1) is 22.5. The maximum absolute atomic E-state index is 12.7. The molecular formula is C25H31N3O3. The van der Waals surface area contributed by atoms with Gasteiger partial charge in [-0.05, 0) is 47.6 Å². The fourth-order valence-electron chi connectivity index (χ4n) is 3.30. The maximum Gasteiger partial charge on any atom is 0.329 e. The van der Waals surface area contributed by atoms with E-state index in [4.69, 9.17) is 4.74 Å². The van der Waals surface area contributed by atoms with Crippen molar-refractivity contribution >= 4 is 17.5 Å². The van der Waals surface area contributed by atoms with Crippen LogP contribution in [0.15, 0.2) is 48.8 Å². The number of pyridine rings is 1. The molecule has 0 bridgehead atoms. The Hall–Kier alpha value is -3.15. The minimum atomic E-state index is -0.742. The second kappa shape index (κ2) is 8.92. The van der Waals surface area contributed by atoms with E-state index in [0.29, 0.717) is 11.3 Å². The van der Waals surface area contributed by atoms with Gasteiger partial charge in [-0.3, -0.25) is 4.79 Å². The Bertz CT molecular complexity index is 1080. The molecule has 31 heavy (non-hydrogen) atoms. The molecule has 3 aromatic rings. The fraction of sp³-hybridized carbons (Fsp3) is 0.400. The zero-order chi connectivity index (χ0) is 22.8. The monoisotopic (exact) mass is 421 g/mol. The number of nitrogens with zero attached hydrogens (tertiary/aromatic N) is 2. The van der Waals surface area contributed by atoms with Gasteiger partial charge in [0.15, 0.2) is 0 Å². The van der Waals surface area contributed by atoms with Crippen molar-refractivity contribution in [1.29, 1.82) is 0 Å². The lowest BCUT2D eigenvalue weighted by Crippen LogP contribution is -2.45. The van der Waals surface area contributed by atoms with E-state index in [9.17, 15) is 9.59 Å². The molecule has 3 rings (SSSR count). The number of esters is 1. The van der Waals surface area contributed by atoms with Crippen molar-refractivity contribution in [3.05, 3.63) is 71.2 Å². The minimum Gasteiger partial charge on any atom is -0.458 e. The zero-order valence-electron chi connectivity index (χ0n) is 19.1. The molecule has 164 valence electrons. The number of aryl methyl sites for hydroxylation is 1. The number of nitrogens with one attached hydrogen (secondary N) is 1. The molecule has 1 N–H and O–H groups in total. The van der Waals surface area contributed by atoms with Crippen molar-refractivity contribution in [1.82, 2.24) is 14.7 Å². The van der Waals surface area contributed by atoms with Crippen molar-refractivity contribution in [3.63, 3.8) is 0 Å². The van der Waals surface area contributed by atoms with E-state index in [1.54, 1.807) is 12.1 Å². The SMILES string of the molecule is Cc1ccc2nc(COC(=O)[C@@H](NC(=O)c3ccc(C(C)(C)C)cc3)C(C)C)cn2c1. The topological polar surface area (TPSA) is 72.7 Å². The van der Waals surface area contributed by atoms with Crippen LogP contribution in [0.5, 0.6) is 0 Å². The summed E-state index contributed by atoms with van der Waals surface area (Å²) in [4.78, 5) is 29.9. The van der Waals surface area contributed by atoms with E-state index >= 15 is 0 Å². The summed E-state index contributed by atoms with van der Waals surface area (Å²) in [5.41, 5.74) is 4.24. The quantitative estimate of drug-likeness (QED) is 0.597. The second-order valence-corrected chi connectivity index (χ2v) is 9.33. The lowest BCUT2D eigenvalue weighted by atomic mass is 9.86. The van der Waals surface area contributed by atoms with Gasteiger partial charge in [-0.25, -0.2) is 9.78 Å². The number of aromatic nitrogens is 2. The van der Waals surface area contributed by atoms with Crippen LogP contribution in [0.25, 0.3) is 5.65 Å². The molecular weight excluding hydrogens is 390 g/mol. The lowest BCUT2D eigenvalue weighted by Gasteiger charge is -2.21. The number of amides is 1. The second-order valence-electron chi connectivity index (χ2n) is 9.33. The van der Waals surface area contributed by atoms with Gasteiger partial charge in [-0.2, -0.15) is 0 Å². The molecule has 0 spiro atoms. The number of hydrogen-bond acceptors (Lipinski definition) is 4. The van der Waals surface area contributed by atoms with Crippen LogP contribution >= 0.6 is 0 Å². The molecule has 2 heterocycles. The average Bonchev–Trinajstić information content (AvgIpc) is 3.11. The van der Waals surface area contributed by atoms with Crippen molar-refractivity contribution in [2.45, 2.75) is 59.6 Å². The van der Waals surface area contributed by atoms with Gasteiger partial charge in [-0.15, -0.1) is 0 Å². The first-order valence-electron chi connectivity index (χ1n) is 10.6. The maximum atomic E-state index is 12.7. The number of carbonyl (C=O) groups is 2. The Kier molecular flexibility index (Phi) is 6.48. The Morgan fingerprint density at radius 2 is 1.74 bits per heavy atom. The van der Waals surface area contributed by atoms with E-state index in [-0.39, 0.29) is 23.8 Å². The molecule has 0 unspecified atom stereocenters. The summed E-state index contributed by atoms with van der Waals surface area (Å²) in [7, 11) is 0. The summed E-state index contributed by atoms with van der Waals surface area (Å²) in [6, 6.07) is 10.6. The van der Waals surface area contributed by atoms with Gasteiger partial charge in [-0.1, -0.05) is 52.8 Å².